The van der Waals surface area contributed by atoms with Gasteiger partial charge in [-0.25, -0.2) is 0 Å². The van der Waals surface area contributed by atoms with Gasteiger partial charge in [0, 0.05) is 12.1 Å². The number of aryl methyl sites for hydroxylation is 1. The van der Waals surface area contributed by atoms with E-state index in [9.17, 15) is 0 Å². The fourth-order valence-corrected chi connectivity index (χ4v) is 3.79. The van der Waals surface area contributed by atoms with Gasteiger partial charge in [-0.3, -0.25) is 19.0 Å². The predicted octanol–water partition coefficient (Wildman–Crippen LogP) is 4.45. The van der Waals surface area contributed by atoms with Crippen LogP contribution in [0.4, 0.5) is 0 Å². The monoisotopic (exact) mass is 427 g/mol. The van der Waals surface area contributed by atoms with Crippen molar-refractivity contribution in [3.8, 4) is 5.69 Å². The van der Waals surface area contributed by atoms with Gasteiger partial charge in [0.05, 0.1) is 41.4 Å². The zero-order chi connectivity index (χ0) is 20.5. The van der Waals surface area contributed by atoms with Crippen molar-refractivity contribution in [1.82, 2.24) is 34.3 Å². The summed E-state index contributed by atoms with van der Waals surface area (Å²) in [6.07, 6.45) is 3.79. The molecule has 3 aromatic heterocycles. The van der Waals surface area contributed by atoms with Crippen molar-refractivity contribution in [2.75, 3.05) is 0 Å². The average molecular weight is 428 g/mol. The predicted molar refractivity (Wildman–Crippen MR) is 115 cm³/mol. The number of rotatable bonds is 6. The molecule has 0 aliphatic rings. The highest BCUT2D eigenvalue weighted by molar-refractivity contribution is 7.71. The van der Waals surface area contributed by atoms with E-state index in [1.165, 1.54) is 5.56 Å². The number of aromatic nitrogens is 7. The number of nitrogens with one attached hydrogen (secondary N) is 1. The molecule has 9 heteroatoms. The van der Waals surface area contributed by atoms with Gasteiger partial charge < -0.3 is 0 Å². The van der Waals surface area contributed by atoms with Crippen LogP contribution in [0.5, 0.6) is 0 Å². The molecule has 1 atom stereocenters. The molecule has 4 aromatic rings. The summed E-state index contributed by atoms with van der Waals surface area (Å²) < 4.78 is 6.29. The Hall–Kier alpha value is -2.71. The molecular formula is C20H22ClN7S. The van der Waals surface area contributed by atoms with Crippen LogP contribution in [0.1, 0.15) is 35.6 Å². The van der Waals surface area contributed by atoms with Gasteiger partial charge in [0.25, 0.3) is 0 Å². The first-order valence-electron chi connectivity index (χ1n) is 9.37. The van der Waals surface area contributed by atoms with E-state index in [1.54, 1.807) is 0 Å². The molecule has 0 unspecified atom stereocenters. The second kappa shape index (κ2) is 7.96. The maximum Gasteiger partial charge on any atom is 0.199 e. The Balaban J connectivity index is 1.60. The highest BCUT2D eigenvalue weighted by atomic mass is 35.5. The molecule has 1 N–H and O–H groups in total. The van der Waals surface area contributed by atoms with E-state index >= 15 is 0 Å². The van der Waals surface area contributed by atoms with Crippen molar-refractivity contribution in [2.45, 2.75) is 39.8 Å². The van der Waals surface area contributed by atoms with E-state index in [0.29, 0.717) is 22.9 Å². The lowest BCUT2D eigenvalue weighted by Gasteiger charge is -2.13. The fourth-order valence-electron chi connectivity index (χ4n) is 3.41. The molecule has 0 spiro atoms. The van der Waals surface area contributed by atoms with Crippen LogP contribution in [0.15, 0.2) is 42.7 Å². The second-order valence-electron chi connectivity index (χ2n) is 7.17. The van der Waals surface area contributed by atoms with Crippen LogP contribution in [0.25, 0.3) is 5.69 Å². The van der Waals surface area contributed by atoms with Crippen molar-refractivity contribution in [3.63, 3.8) is 0 Å². The number of benzene rings is 1. The lowest BCUT2D eigenvalue weighted by molar-refractivity contribution is 0.506. The molecule has 0 saturated carbocycles. The Morgan fingerprint density at radius 3 is 2.66 bits per heavy atom. The van der Waals surface area contributed by atoms with Gasteiger partial charge in [-0.1, -0.05) is 48.9 Å². The summed E-state index contributed by atoms with van der Waals surface area (Å²) in [5.41, 5.74) is 3.85. The zero-order valence-corrected chi connectivity index (χ0v) is 18.1. The van der Waals surface area contributed by atoms with Crippen LogP contribution in [0.3, 0.4) is 0 Å². The maximum atomic E-state index is 6.29. The van der Waals surface area contributed by atoms with E-state index in [1.807, 2.05) is 58.4 Å². The Bertz CT molecular complexity index is 1190. The third kappa shape index (κ3) is 3.90. The lowest BCUT2D eigenvalue weighted by atomic mass is 10.1. The SMILES string of the molecule is Cc1nn(C[C@H](C)c2n[nH]c(=S)n2-c2cnn(Cc3ccccc3)c2)c(C)c1Cl. The van der Waals surface area contributed by atoms with Gasteiger partial charge in [-0.15, -0.1) is 0 Å². The topological polar surface area (TPSA) is 69.2 Å². The van der Waals surface area contributed by atoms with Gasteiger partial charge in [-0.05, 0) is 31.6 Å². The van der Waals surface area contributed by atoms with Gasteiger partial charge in [0.15, 0.2) is 4.77 Å². The van der Waals surface area contributed by atoms with Crippen LogP contribution in [-0.4, -0.2) is 34.3 Å². The molecule has 4 rings (SSSR count). The van der Waals surface area contributed by atoms with Crippen LogP contribution in [0.2, 0.25) is 5.02 Å². The number of nitrogens with zero attached hydrogens (tertiary/aromatic N) is 6. The summed E-state index contributed by atoms with van der Waals surface area (Å²) >= 11 is 11.8. The minimum absolute atomic E-state index is 0.0643. The molecule has 0 amide bonds. The Morgan fingerprint density at radius 2 is 1.97 bits per heavy atom. The average Bonchev–Trinajstić information content (AvgIpc) is 3.38. The molecule has 29 heavy (non-hydrogen) atoms. The largest absolute Gasteiger partial charge is 0.269 e. The molecule has 0 bridgehead atoms. The summed E-state index contributed by atoms with van der Waals surface area (Å²) in [4.78, 5) is 0. The highest BCUT2D eigenvalue weighted by Gasteiger charge is 2.19. The van der Waals surface area contributed by atoms with Crippen LogP contribution in [-0.2, 0) is 13.1 Å². The molecule has 1 aromatic carbocycles. The smallest absolute Gasteiger partial charge is 0.199 e. The maximum absolute atomic E-state index is 6.29. The summed E-state index contributed by atoms with van der Waals surface area (Å²) in [5.74, 6) is 0.896. The summed E-state index contributed by atoms with van der Waals surface area (Å²) in [5, 5.41) is 17.1. The molecule has 7 nitrogen and oxygen atoms in total. The Morgan fingerprint density at radius 1 is 1.21 bits per heavy atom. The first-order chi connectivity index (χ1) is 13.9. The van der Waals surface area contributed by atoms with E-state index in [-0.39, 0.29) is 5.92 Å². The molecule has 0 radical (unpaired) electrons. The molecule has 0 saturated heterocycles. The van der Waals surface area contributed by atoms with Gasteiger partial charge in [0.2, 0.25) is 0 Å². The minimum Gasteiger partial charge on any atom is -0.269 e. The quantitative estimate of drug-likeness (QED) is 0.461. The second-order valence-corrected chi connectivity index (χ2v) is 7.94. The molecule has 0 aliphatic carbocycles. The van der Waals surface area contributed by atoms with E-state index in [0.717, 1.165) is 22.9 Å². The van der Waals surface area contributed by atoms with Gasteiger partial charge in [-0.2, -0.15) is 15.3 Å². The molecule has 3 heterocycles. The van der Waals surface area contributed by atoms with Crippen molar-refractivity contribution in [2.24, 2.45) is 0 Å². The molecule has 0 aliphatic heterocycles. The number of aromatic amines is 1. The van der Waals surface area contributed by atoms with Crippen LogP contribution >= 0.6 is 23.8 Å². The minimum atomic E-state index is 0.0643. The Kier molecular flexibility index (Phi) is 5.38. The van der Waals surface area contributed by atoms with Crippen LogP contribution in [0, 0.1) is 18.6 Å². The molecular weight excluding hydrogens is 406 g/mol. The number of hydrogen-bond acceptors (Lipinski definition) is 4. The van der Waals surface area contributed by atoms with Crippen molar-refractivity contribution in [1.29, 1.82) is 0 Å². The number of H-pyrrole nitrogens is 1. The fraction of sp³-hybridized carbons (Fsp3) is 0.300. The van der Waals surface area contributed by atoms with E-state index < -0.39 is 0 Å². The van der Waals surface area contributed by atoms with Crippen molar-refractivity contribution in [3.05, 3.63) is 75.3 Å². The van der Waals surface area contributed by atoms with Crippen molar-refractivity contribution >= 4 is 23.8 Å². The highest BCUT2D eigenvalue weighted by Crippen LogP contribution is 2.24. The first kappa shape index (κ1) is 19.6. The van der Waals surface area contributed by atoms with Crippen LogP contribution < -0.4 is 0 Å². The van der Waals surface area contributed by atoms with E-state index in [2.05, 4.69) is 39.5 Å². The molecule has 150 valence electrons. The number of halogens is 1. The summed E-state index contributed by atoms with van der Waals surface area (Å²) in [7, 11) is 0. The zero-order valence-electron chi connectivity index (χ0n) is 16.5. The van der Waals surface area contributed by atoms with Gasteiger partial charge in [0.1, 0.15) is 5.82 Å². The lowest BCUT2D eigenvalue weighted by Crippen LogP contribution is -2.13. The summed E-state index contributed by atoms with van der Waals surface area (Å²) in [6, 6.07) is 10.2. The van der Waals surface area contributed by atoms with Gasteiger partial charge >= 0.3 is 0 Å². The molecule has 0 fully saturated rings. The third-order valence-corrected chi connectivity index (χ3v) is 5.77. The van der Waals surface area contributed by atoms with Crippen molar-refractivity contribution < 1.29 is 0 Å². The standard InChI is InChI=1S/C20H22ClN7S/c1-13(10-27-15(3)18(21)14(2)25-27)19-23-24-20(29)28(19)17-9-22-26(12-17)11-16-7-5-4-6-8-16/h4-9,12-13H,10-11H2,1-3H3,(H,24,29)/t13-/m0/s1. The van der Waals surface area contributed by atoms with E-state index in [4.69, 9.17) is 23.8 Å². The number of hydrogen-bond donors (Lipinski definition) is 1. The first-order valence-corrected chi connectivity index (χ1v) is 10.2. The third-order valence-electron chi connectivity index (χ3n) is 4.94. The Labute approximate surface area is 178 Å². The normalized spacial score (nSPS) is 12.4. The summed E-state index contributed by atoms with van der Waals surface area (Å²) in [6.45, 7) is 7.33.